The first-order chi connectivity index (χ1) is 18.7. The number of benzene rings is 3. The second-order valence-electron chi connectivity index (χ2n) is 9.62. The number of aliphatic hydroxyl groups is 1. The van der Waals surface area contributed by atoms with Gasteiger partial charge in [0.1, 0.15) is 17.4 Å². The summed E-state index contributed by atoms with van der Waals surface area (Å²) >= 11 is 2.21. The van der Waals surface area contributed by atoms with Crippen LogP contribution in [-0.4, -0.2) is 58.7 Å². The van der Waals surface area contributed by atoms with Gasteiger partial charge in [-0.25, -0.2) is 8.78 Å². The minimum atomic E-state index is -1.11. The molecule has 206 valence electrons. The lowest BCUT2D eigenvalue weighted by Crippen LogP contribution is -2.48. The average molecular weight is 649 g/mol. The van der Waals surface area contributed by atoms with Gasteiger partial charge in [0, 0.05) is 41.4 Å². The zero-order valence-corrected chi connectivity index (χ0v) is 23.3. The molecular formula is C29H30F2IN3O4. The van der Waals surface area contributed by atoms with Crippen molar-refractivity contribution in [2.75, 3.05) is 19.6 Å². The van der Waals surface area contributed by atoms with E-state index in [1.165, 1.54) is 18.2 Å². The van der Waals surface area contributed by atoms with E-state index in [2.05, 4.69) is 33.2 Å². The van der Waals surface area contributed by atoms with Crippen LogP contribution in [0.3, 0.4) is 0 Å². The number of halogens is 3. The van der Waals surface area contributed by atoms with Crippen molar-refractivity contribution in [3.63, 3.8) is 0 Å². The van der Waals surface area contributed by atoms with Crippen LogP contribution >= 0.6 is 22.6 Å². The van der Waals surface area contributed by atoms with Crippen LogP contribution < -0.4 is 10.6 Å². The molecule has 1 aliphatic rings. The molecule has 2 amide bonds. The fraction of sp³-hybridized carbons (Fsp3) is 0.310. The van der Waals surface area contributed by atoms with Gasteiger partial charge in [-0.15, -0.1) is 0 Å². The molecule has 0 radical (unpaired) electrons. The van der Waals surface area contributed by atoms with Gasteiger partial charge in [0.15, 0.2) is 0 Å². The number of carbonyl (C=O) groups is 2. The minimum absolute atomic E-state index is 0.0213. The number of hydrogen-bond acceptors (Lipinski definition) is 5. The molecule has 0 saturated carbocycles. The van der Waals surface area contributed by atoms with Crippen LogP contribution in [0, 0.1) is 15.2 Å². The van der Waals surface area contributed by atoms with Crippen LogP contribution in [-0.2, 0) is 13.0 Å². The third-order valence-electron chi connectivity index (χ3n) is 6.61. The Labute approximate surface area is 239 Å². The lowest BCUT2D eigenvalue weighted by Gasteiger charge is -2.25. The van der Waals surface area contributed by atoms with Crippen molar-refractivity contribution in [1.82, 2.24) is 15.5 Å². The molecule has 3 aromatic rings. The van der Waals surface area contributed by atoms with E-state index < -0.39 is 29.7 Å². The molecule has 2 atom stereocenters. The highest BCUT2D eigenvalue weighted by Gasteiger charge is 2.26. The number of rotatable bonds is 10. The number of amides is 2. The van der Waals surface area contributed by atoms with Gasteiger partial charge in [0.2, 0.25) is 0 Å². The molecule has 4 rings (SSSR count). The SMILES string of the molecule is O=C(NC(Cc1cc(F)cc(F)c1)C(O)CNCc1cccc(I)c1)c1ccc(O)c(C(=O)N2CCCC2)c1. The van der Waals surface area contributed by atoms with Gasteiger partial charge in [-0.3, -0.25) is 9.59 Å². The summed E-state index contributed by atoms with van der Waals surface area (Å²) < 4.78 is 28.8. The van der Waals surface area contributed by atoms with Crippen molar-refractivity contribution >= 4 is 34.4 Å². The molecule has 39 heavy (non-hydrogen) atoms. The van der Waals surface area contributed by atoms with E-state index >= 15 is 0 Å². The van der Waals surface area contributed by atoms with E-state index in [0.717, 1.165) is 40.2 Å². The maximum Gasteiger partial charge on any atom is 0.257 e. The van der Waals surface area contributed by atoms with Crippen molar-refractivity contribution < 1.29 is 28.6 Å². The summed E-state index contributed by atoms with van der Waals surface area (Å²) in [6.45, 7) is 1.75. The van der Waals surface area contributed by atoms with Crippen LogP contribution in [0.15, 0.2) is 60.7 Å². The molecule has 10 heteroatoms. The van der Waals surface area contributed by atoms with Crippen LogP contribution in [0.25, 0.3) is 0 Å². The molecule has 1 saturated heterocycles. The lowest BCUT2D eigenvalue weighted by molar-refractivity contribution is 0.0789. The van der Waals surface area contributed by atoms with E-state index in [1.54, 1.807) is 4.90 Å². The van der Waals surface area contributed by atoms with Gasteiger partial charge >= 0.3 is 0 Å². The normalized spacial score (nSPS) is 14.7. The summed E-state index contributed by atoms with van der Waals surface area (Å²) in [6, 6.07) is 14.0. The van der Waals surface area contributed by atoms with Crippen LogP contribution in [0.2, 0.25) is 0 Å². The predicted molar refractivity (Wildman–Crippen MR) is 151 cm³/mol. The smallest absolute Gasteiger partial charge is 0.257 e. The van der Waals surface area contributed by atoms with Crippen molar-refractivity contribution in [1.29, 1.82) is 0 Å². The first-order valence-corrected chi connectivity index (χ1v) is 13.8. The van der Waals surface area contributed by atoms with Gasteiger partial charge in [-0.1, -0.05) is 12.1 Å². The van der Waals surface area contributed by atoms with Crippen molar-refractivity contribution in [2.24, 2.45) is 0 Å². The monoisotopic (exact) mass is 649 g/mol. The number of nitrogens with zero attached hydrogens (tertiary/aromatic N) is 1. The summed E-state index contributed by atoms with van der Waals surface area (Å²) in [5.41, 5.74) is 1.42. The number of likely N-dealkylation sites (tertiary alicyclic amines) is 1. The summed E-state index contributed by atoms with van der Waals surface area (Å²) in [6.07, 6.45) is 0.616. The van der Waals surface area contributed by atoms with Gasteiger partial charge < -0.3 is 25.7 Å². The van der Waals surface area contributed by atoms with E-state index in [4.69, 9.17) is 0 Å². The Morgan fingerprint density at radius 1 is 0.974 bits per heavy atom. The number of phenolic OH excluding ortho intramolecular Hbond substituents is 1. The highest BCUT2D eigenvalue weighted by molar-refractivity contribution is 14.1. The number of aromatic hydroxyl groups is 1. The Kier molecular flexibility index (Phi) is 9.87. The van der Waals surface area contributed by atoms with Gasteiger partial charge in [-0.2, -0.15) is 0 Å². The molecule has 4 N–H and O–H groups in total. The molecule has 1 heterocycles. The minimum Gasteiger partial charge on any atom is -0.507 e. The van der Waals surface area contributed by atoms with Crippen molar-refractivity contribution in [2.45, 2.75) is 38.0 Å². The Bertz CT molecular complexity index is 1310. The Morgan fingerprint density at radius 2 is 1.69 bits per heavy atom. The largest absolute Gasteiger partial charge is 0.507 e. The summed E-state index contributed by atoms with van der Waals surface area (Å²) in [4.78, 5) is 27.7. The summed E-state index contributed by atoms with van der Waals surface area (Å²) in [5, 5.41) is 27.2. The fourth-order valence-electron chi connectivity index (χ4n) is 4.61. The third-order valence-corrected chi connectivity index (χ3v) is 7.28. The number of carbonyl (C=O) groups excluding carboxylic acids is 2. The van der Waals surface area contributed by atoms with Gasteiger partial charge in [-0.05, 0) is 95.4 Å². The fourth-order valence-corrected chi connectivity index (χ4v) is 5.22. The Balaban J connectivity index is 1.50. The second-order valence-corrected chi connectivity index (χ2v) is 10.9. The van der Waals surface area contributed by atoms with Crippen LogP contribution in [0.1, 0.15) is 44.7 Å². The number of hydrogen-bond donors (Lipinski definition) is 4. The highest BCUT2D eigenvalue weighted by Crippen LogP contribution is 2.23. The van der Waals surface area contributed by atoms with E-state index in [9.17, 15) is 28.6 Å². The summed E-state index contributed by atoms with van der Waals surface area (Å²) in [7, 11) is 0. The maximum atomic E-state index is 13.9. The van der Waals surface area contributed by atoms with Crippen LogP contribution in [0.5, 0.6) is 5.75 Å². The molecule has 0 aromatic heterocycles. The molecule has 0 spiro atoms. The highest BCUT2D eigenvalue weighted by atomic mass is 127. The number of phenols is 1. The van der Waals surface area contributed by atoms with Crippen molar-refractivity contribution in [3.8, 4) is 5.75 Å². The maximum absolute atomic E-state index is 13.9. The van der Waals surface area contributed by atoms with E-state index in [1.807, 2.05) is 24.3 Å². The van der Waals surface area contributed by atoms with Gasteiger partial charge in [0.25, 0.3) is 11.8 Å². The van der Waals surface area contributed by atoms with E-state index in [-0.39, 0.29) is 41.3 Å². The molecule has 2 unspecified atom stereocenters. The van der Waals surface area contributed by atoms with Gasteiger partial charge in [0.05, 0.1) is 17.7 Å². The molecular weight excluding hydrogens is 619 g/mol. The molecule has 1 fully saturated rings. The van der Waals surface area contributed by atoms with Crippen molar-refractivity contribution in [3.05, 3.63) is 98.1 Å². The lowest BCUT2D eigenvalue weighted by atomic mass is 9.99. The second kappa shape index (κ2) is 13.3. The number of nitrogens with one attached hydrogen (secondary N) is 2. The first kappa shape index (κ1) is 28.9. The average Bonchev–Trinajstić information content (AvgIpc) is 3.43. The first-order valence-electron chi connectivity index (χ1n) is 12.7. The van der Waals surface area contributed by atoms with E-state index in [0.29, 0.717) is 19.6 Å². The molecule has 0 bridgehead atoms. The number of aliphatic hydroxyl groups excluding tert-OH is 1. The summed E-state index contributed by atoms with van der Waals surface area (Å²) in [5.74, 6) is -2.69. The molecule has 0 aliphatic carbocycles. The topological polar surface area (TPSA) is 102 Å². The Morgan fingerprint density at radius 3 is 2.38 bits per heavy atom. The Hall–Kier alpha value is -3.09. The predicted octanol–water partition coefficient (Wildman–Crippen LogP) is 4.00. The molecule has 7 nitrogen and oxygen atoms in total. The quantitative estimate of drug-likeness (QED) is 0.249. The standard InChI is InChI=1S/C29H30F2IN3O4/c30-21-10-19(11-22(31)15-21)13-25(27(37)17-33-16-18-4-3-5-23(32)12-18)34-28(38)20-6-7-26(36)24(14-20)29(39)35-8-1-2-9-35/h3-7,10-12,14-15,25,27,33,36-37H,1-2,8-9,13,16-17H2,(H,34,38). The molecule has 3 aromatic carbocycles. The van der Waals surface area contributed by atoms with Crippen LogP contribution in [0.4, 0.5) is 8.78 Å². The zero-order chi connectivity index (χ0) is 27.9. The zero-order valence-electron chi connectivity index (χ0n) is 21.2. The molecule has 1 aliphatic heterocycles. The third kappa shape index (κ3) is 7.96.